The van der Waals surface area contributed by atoms with E-state index in [-0.39, 0.29) is 0 Å². The van der Waals surface area contributed by atoms with Gasteiger partial charge < -0.3 is 0 Å². The lowest BCUT2D eigenvalue weighted by atomic mass is 9.46. The van der Waals surface area contributed by atoms with Crippen molar-refractivity contribution in [1.82, 2.24) is 0 Å². The van der Waals surface area contributed by atoms with E-state index in [0.29, 0.717) is 10.8 Å². The largest absolute Gasteiger partial charge is 0.0851 e. The molecule has 32 heavy (non-hydrogen) atoms. The highest BCUT2D eigenvalue weighted by atomic mass is 14.6. The fourth-order valence-corrected chi connectivity index (χ4v) is 9.72. The summed E-state index contributed by atoms with van der Waals surface area (Å²) in [6.07, 6.45) is 23.7. The van der Waals surface area contributed by atoms with Crippen molar-refractivity contribution in [1.29, 1.82) is 0 Å². The molecule has 3 saturated carbocycles. The Hall–Kier alpha value is -0.520. The van der Waals surface area contributed by atoms with Crippen LogP contribution in [0.25, 0.3) is 0 Å². The molecular weight excluding hydrogens is 384 g/mol. The normalized spacial score (nSPS) is 43.5. The SMILES string of the molecule is CCC(/C=C/[C@@H](C)[C@H]1CC[C@H]2[C@@H]3CC=C4C[C@@H](C)CC[C@]4(C)[C@H]3CC[C@]12C)C(CC)CC. The molecule has 0 aromatic carbocycles. The zero-order valence-electron chi connectivity index (χ0n) is 22.6. The number of allylic oxidation sites excluding steroid dienone is 4. The minimum atomic E-state index is 0.532. The molecule has 0 spiro atoms. The Bertz CT molecular complexity index is 695. The predicted molar refractivity (Wildman–Crippen MR) is 141 cm³/mol. The molecule has 0 aliphatic heterocycles. The van der Waals surface area contributed by atoms with Crippen LogP contribution in [0.15, 0.2) is 23.8 Å². The van der Waals surface area contributed by atoms with Gasteiger partial charge in [0, 0.05) is 0 Å². The Kier molecular flexibility index (Phi) is 7.39. The van der Waals surface area contributed by atoms with Crippen LogP contribution in [0.1, 0.15) is 119 Å². The predicted octanol–water partition coefficient (Wildman–Crippen LogP) is 9.86. The van der Waals surface area contributed by atoms with Gasteiger partial charge in [-0.25, -0.2) is 0 Å². The summed E-state index contributed by atoms with van der Waals surface area (Å²) in [5, 5.41) is 0. The smallest absolute Gasteiger partial charge is 0.00851 e. The van der Waals surface area contributed by atoms with Gasteiger partial charge in [-0.1, -0.05) is 85.1 Å². The zero-order valence-corrected chi connectivity index (χ0v) is 22.6. The van der Waals surface area contributed by atoms with Gasteiger partial charge >= 0.3 is 0 Å². The van der Waals surface area contributed by atoms with Gasteiger partial charge in [0.25, 0.3) is 0 Å². The zero-order chi connectivity index (χ0) is 23.1. The fourth-order valence-electron chi connectivity index (χ4n) is 9.72. The molecule has 0 aromatic rings. The van der Waals surface area contributed by atoms with E-state index in [1.54, 1.807) is 0 Å². The summed E-state index contributed by atoms with van der Waals surface area (Å²) in [6, 6.07) is 0. The quantitative estimate of drug-likeness (QED) is 0.347. The first kappa shape index (κ1) is 24.6. The van der Waals surface area contributed by atoms with Crippen molar-refractivity contribution in [2.45, 2.75) is 119 Å². The monoisotopic (exact) mass is 438 g/mol. The van der Waals surface area contributed by atoms with E-state index in [0.717, 1.165) is 47.3 Å². The molecule has 3 fully saturated rings. The third-order valence-electron chi connectivity index (χ3n) is 11.8. The Morgan fingerprint density at radius 1 is 0.938 bits per heavy atom. The van der Waals surface area contributed by atoms with Crippen LogP contribution in [-0.4, -0.2) is 0 Å². The highest BCUT2D eigenvalue weighted by molar-refractivity contribution is 5.25. The van der Waals surface area contributed by atoms with Crippen molar-refractivity contribution in [2.24, 2.45) is 58.2 Å². The Morgan fingerprint density at radius 2 is 1.69 bits per heavy atom. The van der Waals surface area contributed by atoms with Crippen LogP contribution in [0, 0.1) is 58.2 Å². The van der Waals surface area contributed by atoms with Crippen LogP contribution in [0.2, 0.25) is 0 Å². The lowest BCUT2D eigenvalue weighted by molar-refractivity contribution is -0.0486. The van der Waals surface area contributed by atoms with Gasteiger partial charge in [-0.2, -0.15) is 0 Å². The van der Waals surface area contributed by atoms with Crippen molar-refractivity contribution < 1.29 is 0 Å². The summed E-state index contributed by atoms with van der Waals surface area (Å²) in [5.74, 6) is 7.10. The van der Waals surface area contributed by atoms with E-state index in [2.05, 4.69) is 66.7 Å². The van der Waals surface area contributed by atoms with Gasteiger partial charge in [0.15, 0.2) is 0 Å². The third-order valence-corrected chi connectivity index (χ3v) is 11.8. The summed E-state index contributed by atoms with van der Waals surface area (Å²) < 4.78 is 0. The van der Waals surface area contributed by atoms with Crippen LogP contribution in [-0.2, 0) is 0 Å². The minimum Gasteiger partial charge on any atom is -0.0851 e. The van der Waals surface area contributed by atoms with Crippen molar-refractivity contribution in [3.05, 3.63) is 23.8 Å². The Labute approximate surface area is 201 Å². The molecule has 182 valence electrons. The maximum Gasteiger partial charge on any atom is -0.00851 e. The summed E-state index contributed by atoms with van der Waals surface area (Å²) in [4.78, 5) is 0. The molecule has 0 heteroatoms. The molecule has 4 aliphatic rings. The highest BCUT2D eigenvalue weighted by Gasteiger charge is 2.58. The molecule has 0 saturated heterocycles. The summed E-state index contributed by atoms with van der Waals surface area (Å²) in [6.45, 7) is 17.6. The fraction of sp³-hybridized carbons (Fsp3) is 0.875. The van der Waals surface area contributed by atoms with Gasteiger partial charge in [0.2, 0.25) is 0 Å². The average molecular weight is 439 g/mol. The molecule has 0 N–H and O–H groups in total. The van der Waals surface area contributed by atoms with Crippen molar-refractivity contribution in [2.75, 3.05) is 0 Å². The first-order valence-corrected chi connectivity index (χ1v) is 14.7. The average Bonchev–Trinajstić information content (AvgIpc) is 3.14. The Morgan fingerprint density at radius 3 is 2.38 bits per heavy atom. The van der Waals surface area contributed by atoms with Gasteiger partial charge in [-0.15, -0.1) is 0 Å². The van der Waals surface area contributed by atoms with Crippen LogP contribution in [0.5, 0.6) is 0 Å². The van der Waals surface area contributed by atoms with E-state index < -0.39 is 0 Å². The molecule has 9 atom stereocenters. The molecular formula is C32H54. The standard InChI is InChI=1S/C32H54/c1-8-24(9-2)25(10-3)12-11-23(5)28-15-16-29-27-14-13-26-21-22(4)17-19-31(26,6)30(27)18-20-32(28,29)7/h11-13,22-25,27-30H,8-10,14-21H2,1-7H3/b12-11+/t22-,23+,25?,27-,28+,29-,30-,31-,32+/m0/s1. The third kappa shape index (κ3) is 4.09. The van der Waals surface area contributed by atoms with Crippen molar-refractivity contribution in [3.63, 3.8) is 0 Å². The van der Waals surface area contributed by atoms with Gasteiger partial charge in [-0.05, 0) is 116 Å². The van der Waals surface area contributed by atoms with Crippen LogP contribution in [0.4, 0.5) is 0 Å². The second-order valence-corrected chi connectivity index (χ2v) is 13.2. The van der Waals surface area contributed by atoms with E-state index >= 15 is 0 Å². The number of hydrogen-bond acceptors (Lipinski definition) is 0. The summed E-state index contributed by atoms with van der Waals surface area (Å²) in [5.41, 5.74) is 2.97. The molecule has 4 rings (SSSR count). The molecule has 0 nitrogen and oxygen atoms in total. The van der Waals surface area contributed by atoms with Crippen molar-refractivity contribution in [3.8, 4) is 0 Å². The number of rotatable bonds is 7. The molecule has 0 radical (unpaired) electrons. The first-order chi connectivity index (χ1) is 15.3. The molecule has 0 heterocycles. The summed E-state index contributed by atoms with van der Waals surface area (Å²) in [7, 11) is 0. The van der Waals surface area contributed by atoms with Crippen LogP contribution in [0.3, 0.4) is 0 Å². The van der Waals surface area contributed by atoms with Crippen LogP contribution < -0.4 is 0 Å². The lowest BCUT2D eigenvalue weighted by Gasteiger charge is -2.58. The highest BCUT2D eigenvalue weighted by Crippen LogP contribution is 2.67. The number of hydrogen-bond donors (Lipinski definition) is 0. The molecule has 0 bridgehead atoms. The van der Waals surface area contributed by atoms with Gasteiger partial charge in [0.1, 0.15) is 0 Å². The van der Waals surface area contributed by atoms with Gasteiger partial charge in [-0.3, -0.25) is 0 Å². The summed E-state index contributed by atoms with van der Waals surface area (Å²) >= 11 is 0. The maximum atomic E-state index is 2.75. The molecule has 1 unspecified atom stereocenters. The first-order valence-electron chi connectivity index (χ1n) is 14.7. The second-order valence-electron chi connectivity index (χ2n) is 13.2. The molecule has 0 amide bonds. The van der Waals surface area contributed by atoms with E-state index in [1.165, 1.54) is 70.6 Å². The second kappa shape index (κ2) is 9.62. The topological polar surface area (TPSA) is 0 Å². The van der Waals surface area contributed by atoms with Crippen molar-refractivity contribution >= 4 is 0 Å². The lowest BCUT2D eigenvalue weighted by Crippen LogP contribution is -2.50. The molecule has 0 aromatic heterocycles. The van der Waals surface area contributed by atoms with E-state index in [1.807, 2.05) is 5.57 Å². The number of fused-ring (bicyclic) bond motifs is 5. The maximum absolute atomic E-state index is 2.75. The molecule has 4 aliphatic carbocycles. The van der Waals surface area contributed by atoms with Gasteiger partial charge in [0.05, 0.1) is 0 Å². The minimum absolute atomic E-state index is 0.532. The van der Waals surface area contributed by atoms with E-state index in [9.17, 15) is 0 Å². The van der Waals surface area contributed by atoms with Crippen LogP contribution >= 0.6 is 0 Å². The Balaban J connectivity index is 1.50. The van der Waals surface area contributed by atoms with E-state index in [4.69, 9.17) is 0 Å².